The van der Waals surface area contributed by atoms with Gasteiger partial charge in [-0.05, 0) is 25.3 Å². The maximum atomic E-state index is 11.7. The summed E-state index contributed by atoms with van der Waals surface area (Å²) >= 11 is 0. The van der Waals surface area contributed by atoms with Gasteiger partial charge in [0.15, 0.2) is 0 Å². The van der Waals surface area contributed by atoms with Crippen LogP contribution in [0.3, 0.4) is 0 Å². The minimum Gasteiger partial charge on any atom is -0.356 e. The molecule has 0 heterocycles. The third-order valence-corrected chi connectivity index (χ3v) is 2.77. The van der Waals surface area contributed by atoms with E-state index in [2.05, 4.69) is 5.32 Å². The topological polar surface area (TPSA) is 46.2 Å². The van der Waals surface area contributed by atoms with E-state index in [1.54, 1.807) is 6.92 Å². The number of ketones is 1. The molecule has 18 heavy (non-hydrogen) atoms. The fourth-order valence-corrected chi connectivity index (χ4v) is 1.80. The smallest absolute Gasteiger partial charge is 0.224 e. The molecule has 0 aromatic heterocycles. The number of Topliss-reactive ketones (excluding diaryl/α,β-unsaturated/α-hetero) is 1. The van der Waals surface area contributed by atoms with Gasteiger partial charge in [-0.15, -0.1) is 0 Å². The van der Waals surface area contributed by atoms with Crippen LogP contribution in [0.25, 0.3) is 0 Å². The molecule has 1 aromatic carbocycles. The number of benzene rings is 1. The summed E-state index contributed by atoms with van der Waals surface area (Å²) in [6.07, 6.45) is 0.915. The van der Waals surface area contributed by atoms with Crippen molar-refractivity contribution in [2.75, 3.05) is 6.54 Å². The summed E-state index contributed by atoms with van der Waals surface area (Å²) in [5.41, 5.74) is 2.20. The van der Waals surface area contributed by atoms with Gasteiger partial charge in [-0.1, -0.05) is 36.8 Å². The molecular weight excluding hydrogens is 226 g/mol. The first-order valence-corrected chi connectivity index (χ1v) is 6.29. The van der Waals surface area contributed by atoms with Gasteiger partial charge in [0.05, 0.1) is 6.42 Å². The molecule has 0 saturated heterocycles. The fraction of sp³-hybridized carbons (Fsp3) is 0.467. The molecule has 1 atom stereocenters. The average Bonchev–Trinajstić information content (AvgIpc) is 2.29. The molecule has 1 amide bonds. The Morgan fingerprint density at radius 3 is 2.39 bits per heavy atom. The Morgan fingerprint density at radius 2 is 1.83 bits per heavy atom. The summed E-state index contributed by atoms with van der Waals surface area (Å²) in [5, 5.41) is 2.86. The zero-order chi connectivity index (χ0) is 13.5. The molecular formula is C15H21NO2. The number of carbonyl (C=O) groups excluding carboxylic acids is 2. The van der Waals surface area contributed by atoms with Crippen LogP contribution in [0, 0.1) is 12.8 Å². The van der Waals surface area contributed by atoms with Gasteiger partial charge in [-0.25, -0.2) is 0 Å². The van der Waals surface area contributed by atoms with Crippen LogP contribution < -0.4 is 5.32 Å². The zero-order valence-corrected chi connectivity index (χ0v) is 11.3. The number of hydrogen-bond donors (Lipinski definition) is 1. The van der Waals surface area contributed by atoms with Crippen LogP contribution in [0.5, 0.6) is 0 Å². The van der Waals surface area contributed by atoms with Crippen LogP contribution in [0.4, 0.5) is 0 Å². The maximum Gasteiger partial charge on any atom is 0.224 e. The molecule has 0 spiro atoms. The van der Waals surface area contributed by atoms with E-state index in [9.17, 15) is 9.59 Å². The second-order valence-electron chi connectivity index (χ2n) is 4.98. The molecule has 0 aliphatic rings. The second-order valence-corrected chi connectivity index (χ2v) is 4.98. The molecule has 1 rings (SSSR count). The fourth-order valence-electron chi connectivity index (χ4n) is 1.80. The van der Waals surface area contributed by atoms with E-state index in [1.807, 2.05) is 38.1 Å². The van der Waals surface area contributed by atoms with Gasteiger partial charge in [-0.3, -0.25) is 4.79 Å². The molecule has 0 bridgehead atoms. The van der Waals surface area contributed by atoms with Crippen molar-refractivity contribution < 1.29 is 9.59 Å². The number of carbonyl (C=O) groups is 2. The van der Waals surface area contributed by atoms with Crippen LogP contribution >= 0.6 is 0 Å². The van der Waals surface area contributed by atoms with Crippen LogP contribution in [0.2, 0.25) is 0 Å². The largest absolute Gasteiger partial charge is 0.356 e. The van der Waals surface area contributed by atoms with Crippen LogP contribution in [0.15, 0.2) is 24.3 Å². The number of hydrogen-bond acceptors (Lipinski definition) is 2. The number of aryl methyl sites for hydroxylation is 1. The van der Waals surface area contributed by atoms with E-state index in [-0.39, 0.29) is 17.6 Å². The van der Waals surface area contributed by atoms with E-state index in [0.29, 0.717) is 19.4 Å². The number of amides is 1. The minimum absolute atomic E-state index is 0.00857. The van der Waals surface area contributed by atoms with Gasteiger partial charge in [0.2, 0.25) is 5.91 Å². The van der Waals surface area contributed by atoms with Crippen molar-refractivity contribution in [2.45, 2.75) is 33.6 Å². The Hall–Kier alpha value is -1.64. The Balaban J connectivity index is 2.33. The van der Waals surface area contributed by atoms with Crippen molar-refractivity contribution in [3.05, 3.63) is 35.4 Å². The average molecular weight is 247 g/mol. The highest BCUT2D eigenvalue weighted by atomic mass is 16.1. The lowest BCUT2D eigenvalue weighted by Gasteiger charge is -2.11. The monoisotopic (exact) mass is 247 g/mol. The molecule has 1 N–H and O–H groups in total. The summed E-state index contributed by atoms with van der Waals surface area (Å²) in [4.78, 5) is 22.6. The van der Waals surface area contributed by atoms with Crippen molar-refractivity contribution in [1.82, 2.24) is 5.32 Å². The zero-order valence-electron chi connectivity index (χ0n) is 11.3. The van der Waals surface area contributed by atoms with E-state index in [0.717, 1.165) is 5.56 Å². The molecule has 0 radical (unpaired) electrons. The van der Waals surface area contributed by atoms with Crippen molar-refractivity contribution in [3.63, 3.8) is 0 Å². The normalized spacial score (nSPS) is 11.9. The lowest BCUT2D eigenvalue weighted by molar-refractivity contribution is -0.121. The predicted molar refractivity (Wildman–Crippen MR) is 72.4 cm³/mol. The van der Waals surface area contributed by atoms with E-state index < -0.39 is 0 Å². The molecule has 1 aromatic rings. The summed E-state index contributed by atoms with van der Waals surface area (Å²) in [6.45, 7) is 6.12. The lowest BCUT2D eigenvalue weighted by atomic mass is 10.1. The Labute approximate surface area is 109 Å². The molecule has 98 valence electrons. The molecule has 3 heteroatoms. The summed E-state index contributed by atoms with van der Waals surface area (Å²) < 4.78 is 0. The van der Waals surface area contributed by atoms with E-state index >= 15 is 0 Å². The Bertz CT molecular complexity index is 409. The van der Waals surface area contributed by atoms with E-state index in [4.69, 9.17) is 0 Å². The van der Waals surface area contributed by atoms with Gasteiger partial charge >= 0.3 is 0 Å². The third kappa shape index (κ3) is 5.62. The SMILES string of the molecule is CC(=O)CC(C)CNC(=O)Cc1ccc(C)cc1. The predicted octanol–water partition coefficient (Wildman–Crippen LogP) is 2.27. The molecule has 0 fully saturated rings. The second kappa shape index (κ2) is 6.94. The molecule has 0 aliphatic carbocycles. The number of nitrogens with one attached hydrogen (secondary N) is 1. The minimum atomic E-state index is 0.00857. The van der Waals surface area contributed by atoms with Gasteiger partial charge in [-0.2, -0.15) is 0 Å². The van der Waals surface area contributed by atoms with E-state index in [1.165, 1.54) is 5.56 Å². The first kappa shape index (κ1) is 14.4. The van der Waals surface area contributed by atoms with Crippen LogP contribution in [-0.2, 0) is 16.0 Å². The quantitative estimate of drug-likeness (QED) is 0.838. The number of rotatable bonds is 6. The van der Waals surface area contributed by atoms with Gasteiger partial charge < -0.3 is 10.1 Å². The first-order valence-electron chi connectivity index (χ1n) is 6.29. The summed E-state index contributed by atoms with van der Waals surface area (Å²) in [7, 11) is 0. The summed E-state index contributed by atoms with van der Waals surface area (Å²) in [5.74, 6) is 0.369. The van der Waals surface area contributed by atoms with Crippen LogP contribution in [0.1, 0.15) is 31.4 Å². The summed E-state index contributed by atoms with van der Waals surface area (Å²) in [6, 6.07) is 7.93. The molecule has 0 aliphatic heterocycles. The maximum absolute atomic E-state index is 11.7. The van der Waals surface area contributed by atoms with Gasteiger partial charge in [0, 0.05) is 13.0 Å². The van der Waals surface area contributed by atoms with Gasteiger partial charge in [0.25, 0.3) is 0 Å². The standard InChI is InChI=1S/C15H21NO2/c1-11-4-6-14(7-5-11)9-15(18)16-10-12(2)8-13(3)17/h4-7,12H,8-10H2,1-3H3,(H,16,18). The molecule has 1 unspecified atom stereocenters. The van der Waals surface area contributed by atoms with Gasteiger partial charge in [0.1, 0.15) is 5.78 Å². The highest BCUT2D eigenvalue weighted by molar-refractivity contribution is 5.79. The van der Waals surface area contributed by atoms with Crippen LogP contribution in [-0.4, -0.2) is 18.2 Å². The Kier molecular flexibility index (Phi) is 5.56. The highest BCUT2D eigenvalue weighted by Gasteiger charge is 2.08. The van der Waals surface area contributed by atoms with Crippen molar-refractivity contribution in [1.29, 1.82) is 0 Å². The third-order valence-electron chi connectivity index (χ3n) is 2.77. The lowest BCUT2D eigenvalue weighted by Crippen LogP contribution is -2.30. The van der Waals surface area contributed by atoms with Crippen molar-refractivity contribution >= 4 is 11.7 Å². The van der Waals surface area contributed by atoms with Crippen molar-refractivity contribution in [2.24, 2.45) is 5.92 Å². The first-order chi connectivity index (χ1) is 8.47. The molecule has 0 saturated carbocycles. The van der Waals surface area contributed by atoms with Crippen molar-refractivity contribution in [3.8, 4) is 0 Å². The molecule has 3 nitrogen and oxygen atoms in total. The highest BCUT2D eigenvalue weighted by Crippen LogP contribution is 2.04. The Morgan fingerprint density at radius 1 is 1.22 bits per heavy atom.